The van der Waals surface area contributed by atoms with Crippen molar-refractivity contribution in [1.82, 2.24) is 0 Å². The summed E-state index contributed by atoms with van der Waals surface area (Å²) in [6.07, 6.45) is 0.925. The van der Waals surface area contributed by atoms with Gasteiger partial charge in [0.2, 0.25) is 0 Å². The van der Waals surface area contributed by atoms with Crippen LogP contribution in [-0.2, 0) is 18.3 Å². The summed E-state index contributed by atoms with van der Waals surface area (Å²) in [7, 11) is 1.18. The van der Waals surface area contributed by atoms with E-state index in [1.807, 2.05) is 13.5 Å². The van der Waals surface area contributed by atoms with Crippen molar-refractivity contribution >= 4 is 8.56 Å². The fraction of sp³-hybridized carbons (Fsp3) is 1.00. The average molecular weight is 206 g/mol. The average Bonchev–Trinajstić information content (AvgIpc) is 2.09. The molecule has 4 nitrogen and oxygen atoms in total. The second-order valence-electron chi connectivity index (χ2n) is 3.29. The molecule has 0 saturated carbocycles. The van der Waals surface area contributed by atoms with Crippen LogP contribution in [0.3, 0.4) is 0 Å². The van der Waals surface area contributed by atoms with Gasteiger partial charge in [-0.25, -0.2) is 0 Å². The number of hydrogen-bond acceptors (Lipinski definition) is 4. The molecule has 78 valence electrons. The maximum absolute atomic E-state index is 5.62. The molecule has 1 heterocycles. The van der Waals surface area contributed by atoms with Gasteiger partial charge in [-0.2, -0.15) is 0 Å². The molecule has 2 unspecified atom stereocenters. The molecule has 0 aromatic heterocycles. The fourth-order valence-corrected chi connectivity index (χ4v) is 2.32. The third-order valence-electron chi connectivity index (χ3n) is 2.56. The number of rotatable bonds is 5. The topological polar surface area (TPSA) is 36.9 Å². The Labute approximate surface area is 80.4 Å². The lowest BCUT2D eigenvalue weighted by Crippen LogP contribution is -2.51. The Hall–Kier alpha value is 0.0569. The summed E-state index contributed by atoms with van der Waals surface area (Å²) in [6.45, 7) is 4.76. The van der Waals surface area contributed by atoms with Gasteiger partial charge in [-0.1, -0.05) is 0 Å². The zero-order chi connectivity index (χ0) is 9.90. The van der Waals surface area contributed by atoms with E-state index in [-0.39, 0.29) is 12.0 Å². The van der Waals surface area contributed by atoms with Gasteiger partial charge in [0.05, 0.1) is 6.61 Å². The van der Waals surface area contributed by atoms with Crippen molar-refractivity contribution in [3.8, 4) is 0 Å². The van der Waals surface area contributed by atoms with Crippen LogP contribution in [-0.4, -0.2) is 41.4 Å². The SMILES string of the molecule is CO[Si](C)(OC)C(C)OC1CCO1. The molecule has 1 aliphatic rings. The smallest absolute Gasteiger partial charge is 0.364 e. The quantitative estimate of drug-likeness (QED) is 0.630. The highest BCUT2D eigenvalue weighted by molar-refractivity contribution is 6.67. The number of hydrogen-bond donors (Lipinski definition) is 0. The maximum Gasteiger partial charge on any atom is 0.364 e. The minimum atomic E-state index is -2.15. The van der Waals surface area contributed by atoms with Crippen LogP contribution < -0.4 is 0 Å². The van der Waals surface area contributed by atoms with Crippen LogP contribution in [0.1, 0.15) is 13.3 Å². The van der Waals surface area contributed by atoms with Crippen LogP contribution in [0.5, 0.6) is 0 Å². The lowest BCUT2D eigenvalue weighted by Gasteiger charge is -2.35. The largest absolute Gasteiger partial charge is 0.396 e. The van der Waals surface area contributed by atoms with Crippen LogP contribution in [0.4, 0.5) is 0 Å². The van der Waals surface area contributed by atoms with Gasteiger partial charge in [-0.15, -0.1) is 0 Å². The van der Waals surface area contributed by atoms with Gasteiger partial charge in [0, 0.05) is 20.6 Å². The first kappa shape index (κ1) is 11.1. The monoisotopic (exact) mass is 206 g/mol. The molecule has 0 amide bonds. The van der Waals surface area contributed by atoms with Crippen LogP contribution >= 0.6 is 0 Å². The van der Waals surface area contributed by atoms with E-state index in [1.165, 1.54) is 0 Å². The van der Waals surface area contributed by atoms with E-state index >= 15 is 0 Å². The Kier molecular flexibility index (Phi) is 3.87. The van der Waals surface area contributed by atoms with Crippen LogP contribution in [0.2, 0.25) is 6.55 Å². The molecule has 0 aromatic carbocycles. The zero-order valence-electron chi connectivity index (χ0n) is 8.70. The first-order valence-corrected chi connectivity index (χ1v) is 6.89. The van der Waals surface area contributed by atoms with Gasteiger partial charge < -0.3 is 18.3 Å². The van der Waals surface area contributed by atoms with Gasteiger partial charge in [0.25, 0.3) is 0 Å². The molecule has 0 aliphatic carbocycles. The standard InChI is InChI=1S/C8H18O4Si/c1-7(12-8-5-6-11-8)13(4,9-2)10-3/h7-8H,5-6H2,1-4H3. The Morgan fingerprint density at radius 3 is 2.23 bits per heavy atom. The molecule has 0 aromatic rings. The lowest BCUT2D eigenvalue weighted by atomic mass is 10.3. The van der Waals surface area contributed by atoms with Crippen LogP contribution in [0.15, 0.2) is 0 Å². The molecule has 0 radical (unpaired) electrons. The Bertz CT molecular complexity index is 156. The molecule has 1 aliphatic heterocycles. The van der Waals surface area contributed by atoms with Gasteiger partial charge >= 0.3 is 8.56 Å². The molecule has 13 heavy (non-hydrogen) atoms. The van der Waals surface area contributed by atoms with Crippen molar-refractivity contribution in [2.75, 3.05) is 20.8 Å². The van der Waals surface area contributed by atoms with E-state index in [1.54, 1.807) is 14.2 Å². The highest BCUT2D eigenvalue weighted by Crippen LogP contribution is 2.20. The molecule has 5 heteroatoms. The highest BCUT2D eigenvalue weighted by Gasteiger charge is 2.39. The van der Waals surface area contributed by atoms with Crippen LogP contribution in [0.25, 0.3) is 0 Å². The molecular formula is C8H18O4Si. The predicted molar refractivity (Wildman–Crippen MR) is 50.5 cm³/mol. The molecule has 2 atom stereocenters. The first-order chi connectivity index (χ1) is 6.12. The molecule has 0 N–H and O–H groups in total. The predicted octanol–water partition coefficient (Wildman–Crippen LogP) is 1.04. The van der Waals surface area contributed by atoms with Gasteiger partial charge in [0.15, 0.2) is 6.29 Å². The van der Waals surface area contributed by atoms with E-state index in [9.17, 15) is 0 Å². The summed E-state index contributed by atoms with van der Waals surface area (Å²) < 4.78 is 21.5. The molecule has 0 spiro atoms. The minimum absolute atomic E-state index is 0.00667. The second kappa shape index (κ2) is 4.52. The summed E-state index contributed by atoms with van der Waals surface area (Å²) >= 11 is 0. The molecule has 1 fully saturated rings. The molecule has 1 saturated heterocycles. The first-order valence-electron chi connectivity index (χ1n) is 4.49. The third-order valence-corrected chi connectivity index (χ3v) is 5.80. The Morgan fingerprint density at radius 2 is 1.92 bits per heavy atom. The van der Waals surface area contributed by atoms with E-state index in [0.717, 1.165) is 13.0 Å². The zero-order valence-corrected chi connectivity index (χ0v) is 9.70. The fourth-order valence-electron chi connectivity index (χ4n) is 1.09. The van der Waals surface area contributed by atoms with E-state index < -0.39 is 8.56 Å². The summed E-state index contributed by atoms with van der Waals surface area (Å²) in [5.41, 5.74) is -0.00667. The molecule has 0 bridgehead atoms. The van der Waals surface area contributed by atoms with Crippen molar-refractivity contribution in [1.29, 1.82) is 0 Å². The summed E-state index contributed by atoms with van der Waals surface area (Å²) in [6, 6.07) is 0. The van der Waals surface area contributed by atoms with Gasteiger partial charge in [-0.05, 0) is 13.5 Å². The number of ether oxygens (including phenoxy) is 2. The maximum atomic E-state index is 5.62. The van der Waals surface area contributed by atoms with Crippen LogP contribution in [0, 0.1) is 0 Å². The summed E-state index contributed by atoms with van der Waals surface area (Å²) in [4.78, 5) is 0. The second-order valence-corrected chi connectivity index (χ2v) is 6.95. The third kappa shape index (κ3) is 2.51. The molecular weight excluding hydrogens is 188 g/mol. The summed E-state index contributed by atoms with van der Waals surface area (Å²) in [5, 5.41) is 0. The molecule has 1 rings (SSSR count). The van der Waals surface area contributed by atoms with Crippen molar-refractivity contribution < 1.29 is 18.3 Å². The van der Waals surface area contributed by atoms with Gasteiger partial charge in [0.1, 0.15) is 5.73 Å². The van der Waals surface area contributed by atoms with Crippen molar-refractivity contribution in [2.24, 2.45) is 0 Å². The Balaban J connectivity index is 2.38. The van der Waals surface area contributed by atoms with E-state index in [2.05, 4.69) is 0 Å². The van der Waals surface area contributed by atoms with Crippen molar-refractivity contribution in [3.05, 3.63) is 0 Å². The van der Waals surface area contributed by atoms with Crippen molar-refractivity contribution in [3.63, 3.8) is 0 Å². The van der Waals surface area contributed by atoms with Crippen molar-refractivity contribution in [2.45, 2.75) is 31.9 Å². The summed E-state index contributed by atoms with van der Waals surface area (Å²) in [5.74, 6) is 0. The lowest BCUT2D eigenvalue weighted by molar-refractivity contribution is -0.225. The Morgan fingerprint density at radius 1 is 1.38 bits per heavy atom. The van der Waals surface area contributed by atoms with E-state index in [0.29, 0.717) is 0 Å². The normalized spacial score (nSPS) is 25.4. The highest BCUT2D eigenvalue weighted by atomic mass is 28.4. The minimum Gasteiger partial charge on any atom is -0.396 e. The van der Waals surface area contributed by atoms with E-state index in [4.69, 9.17) is 18.3 Å². The van der Waals surface area contributed by atoms with Gasteiger partial charge in [-0.3, -0.25) is 0 Å².